The molecule has 0 spiro atoms. The molecule has 9 heteroatoms. The van der Waals surface area contributed by atoms with Crippen LogP contribution in [0.4, 0.5) is 18.9 Å². The van der Waals surface area contributed by atoms with Gasteiger partial charge in [-0.3, -0.25) is 4.79 Å². The van der Waals surface area contributed by atoms with Crippen molar-refractivity contribution in [1.29, 1.82) is 0 Å². The number of aryl methyl sites for hydroxylation is 1. The lowest BCUT2D eigenvalue weighted by molar-refractivity contribution is -0.137. The first-order valence-corrected chi connectivity index (χ1v) is 7.82. The summed E-state index contributed by atoms with van der Waals surface area (Å²) >= 11 is 0. The minimum Gasteiger partial charge on any atom is -0.484 e. The Morgan fingerprint density at radius 2 is 1.89 bits per heavy atom. The first kappa shape index (κ1) is 18.4. The molecule has 2 aromatic carbocycles. The normalized spacial score (nSPS) is 11.3. The Kier molecular flexibility index (Phi) is 5.11. The van der Waals surface area contributed by atoms with Gasteiger partial charge in [0.05, 0.1) is 5.56 Å². The fraction of sp³-hybridized carbons (Fsp3) is 0.167. The largest absolute Gasteiger partial charge is 0.484 e. The topological polar surface area (TPSA) is 77.2 Å². The molecule has 0 aliphatic heterocycles. The zero-order chi connectivity index (χ0) is 19.4. The minimum atomic E-state index is -4.48. The number of benzene rings is 2. The molecular weight excluding hydrogens is 363 g/mol. The van der Waals surface area contributed by atoms with Crippen molar-refractivity contribution in [2.75, 3.05) is 11.9 Å². The predicted molar refractivity (Wildman–Crippen MR) is 90.0 cm³/mol. The predicted octanol–water partition coefficient (Wildman–Crippen LogP) is 4.08. The fourth-order valence-electron chi connectivity index (χ4n) is 2.23. The number of alkyl halides is 3. The number of aromatic nitrogens is 2. The first-order chi connectivity index (χ1) is 12.8. The summed E-state index contributed by atoms with van der Waals surface area (Å²) in [5.74, 6) is 0.637. The van der Waals surface area contributed by atoms with E-state index in [1.165, 1.54) is 12.1 Å². The van der Waals surface area contributed by atoms with Crippen LogP contribution >= 0.6 is 0 Å². The highest BCUT2D eigenvalue weighted by molar-refractivity contribution is 5.91. The van der Waals surface area contributed by atoms with Crippen molar-refractivity contribution in [2.45, 2.75) is 13.1 Å². The molecule has 0 radical (unpaired) electrons. The Morgan fingerprint density at radius 3 is 2.52 bits per heavy atom. The second kappa shape index (κ2) is 7.48. The maximum Gasteiger partial charge on any atom is 0.416 e. The van der Waals surface area contributed by atoms with Crippen molar-refractivity contribution in [3.8, 4) is 17.2 Å². The Balaban J connectivity index is 1.56. The third kappa shape index (κ3) is 4.84. The molecule has 0 aliphatic carbocycles. The van der Waals surface area contributed by atoms with E-state index in [-0.39, 0.29) is 12.3 Å². The molecular formula is C18H14F3N3O3. The van der Waals surface area contributed by atoms with Gasteiger partial charge in [-0.05, 0) is 42.5 Å². The van der Waals surface area contributed by atoms with Gasteiger partial charge < -0.3 is 14.5 Å². The number of rotatable bonds is 5. The summed E-state index contributed by atoms with van der Waals surface area (Å²) in [5.41, 5.74) is -0.107. The summed E-state index contributed by atoms with van der Waals surface area (Å²) in [6.07, 6.45) is -4.48. The van der Waals surface area contributed by atoms with Gasteiger partial charge in [-0.15, -0.1) is 10.2 Å². The summed E-state index contributed by atoms with van der Waals surface area (Å²) in [4.78, 5) is 11.9. The van der Waals surface area contributed by atoms with Crippen molar-refractivity contribution in [3.05, 3.63) is 60.0 Å². The minimum absolute atomic E-state index is 0.0422. The number of hydrogen-bond acceptors (Lipinski definition) is 5. The van der Waals surface area contributed by atoms with Crippen molar-refractivity contribution < 1.29 is 27.1 Å². The van der Waals surface area contributed by atoms with E-state index >= 15 is 0 Å². The van der Waals surface area contributed by atoms with Crippen LogP contribution < -0.4 is 10.1 Å². The number of nitrogens with zero attached hydrogens (tertiary/aromatic N) is 2. The van der Waals surface area contributed by atoms with Gasteiger partial charge in [0.1, 0.15) is 5.75 Å². The molecule has 0 aliphatic rings. The number of anilines is 1. The van der Waals surface area contributed by atoms with Crippen molar-refractivity contribution in [1.82, 2.24) is 10.2 Å². The summed E-state index contributed by atoms with van der Waals surface area (Å²) in [7, 11) is 0. The Morgan fingerprint density at radius 1 is 1.15 bits per heavy atom. The monoisotopic (exact) mass is 377 g/mol. The van der Waals surface area contributed by atoms with Gasteiger partial charge in [-0.25, -0.2) is 0 Å². The second-order valence-corrected chi connectivity index (χ2v) is 5.57. The second-order valence-electron chi connectivity index (χ2n) is 5.57. The van der Waals surface area contributed by atoms with Crippen LogP contribution in [0, 0.1) is 6.92 Å². The van der Waals surface area contributed by atoms with Crippen LogP contribution in [0.5, 0.6) is 5.75 Å². The van der Waals surface area contributed by atoms with Crippen molar-refractivity contribution >= 4 is 11.6 Å². The number of ether oxygens (including phenoxy) is 1. The SMILES string of the molecule is Cc1nnc(-c2ccc(OCC(=O)Nc3cccc(C(F)(F)F)c3)cc2)o1. The molecule has 3 aromatic rings. The maximum absolute atomic E-state index is 12.7. The highest BCUT2D eigenvalue weighted by Crippen LogP contribution is 2.30. The molecule has 0 unspecified atom stereocenters. The molecule has 1 aromatic heterocycles. The van der Waals surface area contributed by atoms with Crippen LogP contribution in [-0.4, -0.2) is 22.7 Å². The van der Waals surface area contributed by atoms with E-state index in [4.69, 9.17) is 9.15 Å². The maximum atomic E-state index is 12.7. The molecule has 3 rings (SSSR count). The van der Waals surface area contributed by atoms with Gasteiger partial charge in [-0.1, -0.05) is 6.07 Å². The number of nitrogens with one attached hydrogen (secondary N) is 1. The fourth-order valence-corrected chi connectivity index (χ4v) is 2.23. The van der Waals surface area contributed by atoms with E-state index in [9.17, 15) is 18.0 Å². The van der Waals surface area contributed by atoms with E-state index in [1.54, 1.807) is 31.2 Å². The zero-order valence-electron chi connectivity index (χ0n) is 14.1. The molecule has 140 valence electrons. The van der Waals surface area contributed by atoms with E-state index in [0.29, 0.717) is 23.1 Å². The van der Waals surface area contributed by atoms with Gasteiger partial charge in [0.15, 0.2) is 6.61 Å². The number of carbonyl (C=O) groups is 1. The van der Waals surface area contributed by atoms with E-state index in [2.05, 4.69) is 15.5 Å². The molecule has 1 heterocycles. The average molecular weight is 377 g/mol. The quantitative estimate of drug-likeness (QED) is 0.725. The zero-order valence-corrected chi connectivity index (χ0v) is 14.1. The molecule has 27 heavy (non-hydrogen) atoms. The van der Waals surface area contributed by atoms with Gasteiger partial charge in [-0.2, -0.15) is 13.2 Å². The van der Waals surface area contributed by atoms with Gasteiger partial charge in [0, 0.05) is 18.2 Å². The Hall–Kier alpha value is -3.36. The molecule has 0 fully saturated rings. The van der Waals surface area contributed by atoms with E-state index in [0.717, 1.165) is 12.1 Å². The number of carbonyl (C=O) groups excluding carboxylic acids is 1. The smallest absolute Gasteiger partial charge is 0.416 e. The molecule has 1 N–H and O–H groups in total. The van der Waals surface area contributed by atoms with E-state index < -0.39 is 17.6 Å². The molecule has 1 amide bonds. The molecule has 0 bridgehead atoms. The average Bonchev–Trinajstić information content (AvgIpc) is 3.06. The van der Waals surface area contributed by atoms with Crippen LogP contribution in [0.15, 0.2) is 52.9 Å². The van der Waals surface area contributed by atoms with Crippen LogP contribution in [0.3, 0.4) is 0 Å². The van der Waals surface area contributed by atoms with Crippen LogP contribution in [-0.2, 0) is 11.0 Å². The third-order valence-electron chi connectivity index (χ3n) is 3.47. The molecule has 0 atom stereocenters. The van der Waals surface area contributed by atoms with Gasteiger partial charge >= 0.3 is 6.18 Å². The van der Waals surface area contributed by atoms with Crippen LogP contribution in [0.1, 0.15) is 11.5 Å². The first-order valence-electron chi connectivity index (χ1n) is 7.82. The van der Waals surface area contributed by atoms with Crippen LogP contribution in [0.25, 0.3) is 11.5 Å². The van der Waals surface area contributed by atoms with E-state index in [1.807, 2.05) is 0 Å². The number of hydrogen-bond donors (Lipinski definition) is 1. The summed E-state index contributed by atoms with van der Waals surface area (Å²) < 4.78 is 48.7. The van der Waals surface area contributed by atoms with Crippen molar-refractivity contribution in [2.24, 2.45) is 0 Å². The third-order valence-corrected chi connectivity index (χ3v) is 3.47. The summed E-state index contributed by atoms with van der Waals surface area (Å²) in [5, 5.41) is 9.99. The Labute approximate surface area is 152 Å². The molecule has 6 nitrogen and oxygen atoms in total. The number of amides is 1. The van der Waals surface area contributed by atoms with Gasteiger partial charge in [0.25, 0.3) is 5.91 Å². The standard InChI is InChI=1S/C18H14F3N3O3/c1-11-23-24-17(27-11)12-5-7-15(8-6-12)26-10-16(25)22-14-4-2-3-13(9-14)18(19,20)21/h2-9H,10H2,1H3,(H,22,25). The highest BCUT2D eigenvalue weighted by atomic mass is 19.4. The highest BCUT2D eigenvalue weighted by Gasteiger charge is 2.30. The lowest BCUT2D eigenvalue weighted by atomic mass is 10.2. The van der Waals surface area contributed by atoms with Gasteiger partial charge in [0.2, 0.25) is 11.8 Å². The van der Waals surface area contributed by atoms with Crippen molar-refractivity contribution in [3.63, 3.8) is 0 Å². The summed E-state index contributed by atoms with van der Waals surface area (Å²) in [6.45, 7) is 1.33. The molecule has 0 saturated heterocycles. The lowest BCUT2D eigenvalue weighted by Gasteiger charge is -2.10. The Bertz CT molecular complexity index is 937. The lowest BCUT2D eigenvalue weighted by Crippen LogP contribution is -2.20. The van der Waals surface area contributed by atoms with Crippen LogP contribution in [0.2, 0.25) is 0 Å². The molecule has 0 saturated carbocycles. The number of halogens is 3. The summed E-state index contributed by atoms with van der Waals surface area (Å²) in [6, 6.07) is 11.0.